The molecule has 1 atom stereocenters. The van der Waals surface area contributed by atoms with Crippen molar-refractivity contribution in [3.05, 3.63) is 53.1 Å². The van der Waals surface area contributed by atoms with Gasteiger partial charge in [0.15, 0.2) is 5.54 Å². The lowest BCUT2D eigenvalue weighted by atomic mass is 9.91. The zero-order valence-electron chi connectivity index (χ0n) is 15.4. The van der Waals surface area contributed by atoms with E-state index in [2.05, 4.69) is 10.4 Å². The van der Waals surface area contributed by atoms with Crippen LogP contribution in [-0.2, 0) is 10.3 Å². The number of hydrogen-bond donors (Lipinski definition) is 2. The number of aliphatic carboxylic acids is 1. The van der Waals surface area contributed by atoms with Gasteiger partial charge in [-0.1, -0.05) is 26.0 Å². The molecule has 7 heteroatoms. The Hall–Kier alpha value is -2.70. The number of halogens is 1. The van der Waals surface area contributed by atoms with E-state index in [1.807, 2.05) is 13.8 Å². The molecule has 1 aromatic carbocycles. The lowest BCUT2D eigenvalue weighted by Crippen LogP contribution is -2.49. The van der Waals surface area contributed by atoms with Crippen LogP contribution in [0.2, 0.25) is 0 Å². The summed E-state index contributed by atoms with van der Waals surface area (Å²) < 4.78 is 15.0. The van der Waals surface area contributed by atoms with Crippen LogP contribution in [0, 0.1) is 12.7 Å². The van der Waals surface area contributed by atoms with E-state index in [9.17, 15) is 19.1 Å². The average molecular weight is 361 g/mol. The third-order valence-electron chi connectivity index (χ3n) is 4.79. The maximum atomic E-state index is 13.2. The molecule has 2 rings (SSSR count). The first kappa shape index (κ1) is 19.6. The number of benzene rings is 1. The standard InChI is InChI=1S/C19H24FN3O3/c1-5-15(6-2)23-12(3)16(11-21-23)17(24)22-19(4,18(25)26)13-7-9-14(20)10-8-13/h7-11,15H,5-6H2,1-4H3,(H,22,24)(H,25,26). The molecule has 0 radical (unpaired) electrons. The lowest BCUT2D eigenvalue weighted by Gasteiger charge is -2.27. The van der Waals surface area contributed by atoms with E-state index in [1.54, 1.807) is 11.6 Å². The van der Waals surface area contributed by atoms with Gasteiger partial charge >= 0.3 is 5.97 Å². The molecular weight excluding hydrogens is 337 g/mol. The number of amides is 1. The molecule has 1 heterocycles. The molecule has 1 aromatic heterocycles. The zero-order valence-corrected chi connectivity index (χ0v) is 15.4. The van der Waals surface area contributed by atoms with Crippen molar-refractivity contribution in [2.45, 2.75) is 52.1 Å². The summed E-state index contributed by atoms with van der Waals surface area (Å²) in [6, 6.07) is 5.21. The molecule has 6 nitrogen and oxygen atoms in total. The van der Waals surface area contributed by atoms with Gasteiger partial charge < -0.3 is 10.4 Å². The Morgan fingerprint density at radius 2 is 1.85 bits per heavy atom. The van der Waals surface area contributed by atoms with E-state index in [1.165, 1.54) is 37.4 Å². The maximum absolute atomic E-state index is 13.2. The highest BCUT2D eigenvalue weighted by atomic mass is 19.1. The third kappa shape index (κ3) is 3.61. The van der Waals surface area contributed by atoms with Crippen LogP contribution in [0.1, 0.15) is 61.3 Å². The summed E-state index contributed by atoms with van der Waals surface area (Å²) in [5.74, 6) is -2.24. The molecule has 0 aliphatic carbocycles. The van der Waals surface area contributed by atoms with Crippen LogP contribution in [-0.4, -0.2) is 26.8 Å². The number of aromatic nitrogens is 2. The van der Waals surface area contributed by atoms with Gasteiger partial charge in [0.1, 0.15) is 5.82 Å². The van der Waals surface area contributed by atoms with Gasteiger partial charge in [0, 0.05) is 5.69 Å². The molecule has 2 aromatic rings. The van der Waals surface area contributed by atoms with Crippen LogP contribution >= 0.6 is 0 Å². The van der Waals surface area contributed by atoms with Crippen molar-refractivity contribution in [2.24, 2.45) is 0 Å². The minimum absolute atomic E-state index is 0.180. The molecule has 0 aliphatic rings. The van der Waals surface area contributed by atoms with E-state index in [0.717, 1.165) is 12.8 Å². The summed E-state index contributed by atoms with van der Waals surface area (Å²) in [5, 5.41) is 16.5. The summed E-state index contributed by atoms with van der Waals surface area (Å²) in [7, 11) is 0. The smallest absolute Gasteiger partial charge is 0.333 e. The number of carboxylic acids is 1. The fourth-order valence-corrected chi connectivity index (χ4v) is 2.98. The first-order valence-electron chi connectivity index (χ1n) is 8.60. The van der Waals surface area contributed by atoms with Gasteiger partial charge in [0.05, 0.1) is 17.8 Å². The zero-order chi connectivity index (χ0) is 19.5. The quantitative estimate of drug-likeness (QED) is 0.791. The Labute approximate surface area is 152 Å². The number of carbonyl (C=O) groups is 2. The average Bonchev–Trinajstić information content (AvgIpc) is 2.98. The summed E-state index contributed by atoms with van der Waals surface area (Å²) in [6.45, 7) is 7.26. The first-order chi connectivity index (χ1) is 12.2. The lowest BCUT2D eigenvalue weighted by molar-refractivity contribution is -0.144. The van der Waals surface area contributed by atoms with Crippen molar-refractivity contribution < 1.29 is 19.1 Å². The largest absolute Gasteiger partial charge is 0.479 e. The second-order valence-corrected chi connectivity index (χ2v) is 6.45. The van der Waals surface area contributed by atoms with Crippen molar-refractivity contribution in [1.82, 2.24) is 15.1 Å². The Bertz CT molecular complexity index is 797. The van der Waals surface area contributed by atoms with Crippen LogP contribution < -0.4 is 5.32 Å². The Balaban J connectivity index is 2.34. The normalized spacial score (nSPS) is 13.5. The van der Waals surface area contributed by atoms with E-state index in [4.69, 9.17) is 0 Å². The van der Waals surface area contributed by atoms with Crippen LogP contribution in [0.25, 0.3) is 0 Å². The van der Waals surface area contributed by atoms with E-state index in [-0.39, 0.29) is 11.6 Å². The van der Waals surface area contributed by atoms with E-state index in [0.29, 0.717) is 11.3 Å². The molecule has 140 valence electrons. The highest BCUT2D eigenvalue weighted by Gasteiger charge is 2.37. The van der Waals surface area contributed by atoms with Crippen molar-refractivity contribution in [3.63, 3.8) is 0 Å². The summed E-state index contributed by atoms with van der Waals surface area (Å²) >= 11 is 0. The Morgan fingerprint density at radius 1 is 1.27 bits per heavy atom. The SMILES string of the molecule is CCC(CC)n1ncc(C(=O)NC(C)(C(=O)O)c2ccc(F)cc2)c1C. The predicted molar refractivity (Wildman–Crippen MR) is 95.4 cm³/mol. The topological polar surface area (TPSA) is 84.2 Å². The second kappa shape index (κ2) is 7.68. The van der Waals surface area contributed by atoms with Crippen molar-refractivity contribution in [2.75, 3.05) is 0 Å². The molecule has 0 spiro atoms. The van der Waals surface area contributed by atoms with Gasteiger partial charge in [0.2, 0.25) is 0 Å². The summed E-state index contributed by atoms with van der Waals surface area (Å²) in [6.07, 6.45) is 3.21. The van der Waals surface area contributed by atoms with Gasteiger partial charge in [-0.3, -0.25) is 9.48 Å². The van der Waals surface area contributed by atoms with Crippen LogP contribution in [0.5, 0.6) is 0 Å². The Morgan fingerprint density at radius 3 is 2.35 bits per heavy atom. The number of carbonyl (C=O) groups excluding carboxylic acids is 1. The summed E-state index contributed by atoms with van der Waals surface area (Å²) in [4.78, 5) is 24.6. The third-order valence-corrected chi connectivity index (χ3v) is 4.79. The van der Waals surface area contributed by atoms with Crippen molar-refractivity contribution >= 4 is 11.9 Å². The molecule has 1 amide bonds. The molecule has 1 unspecified atom stereocenters. The molecule has 26 heavy (non-hydrogen) atoms. The second-order valence-electron chi connectivity index (χ2n) is 6.45. The Kier molecular flexibility index (Phi) is 5.79. The van der Waals surface area contributed by atoms with Gasteiger partial charge in [-0.15, -0.1) is 0 Å². The van der Waals surface area contributed by atoms with Gasteiger partial charge in [0.25, 0.3) is 5.91 Å². The van der Waals surface area contributed by atoms with Crippen molar-refractivity contribution in [3.8, 4) is 0 Å². The van der Waals surface area contributed by atoms with Crippen LogP contribution in [0.4, 0.5) is 4.39 Å². The predicted octanol–water partition coefficient (Wildman–Crippen LogP) is 3.42. The van der Waals surface area contributed by atoms with E-state index < -0.39 is 23.2 Å². The first-order valence-corrected chi connectivity index (χ1v) is 8.60. The van der Waals surface area contributed by atoms with Gasteiger partial charge in [-0.05, 0) is 44.4 Å². The number of nitrogens with one attached hydrogen (secondary N) is 1. The fourth-order valence-electron chi connectivity index (χ4n) is 2.98. The minimum atomic E-state index is -1.69. The van der Waals surface area contributed by atoms with Crippen LogP contribution in [0.3, 0.4) is 0 Å². The number of nitrogens with zero attached hydrogens (tertiary/aromatic N) is 2. The number of carboxylic acid groups (broad SMARTS) is 1. The van der Waals surface area contributed by atoms with Gasteiger partial charge in [-0.25, -0.2) is 9.18 Å². The molecule has 0 aliphatic heterocycles. The highest BCUT2D eigenvalue weighted by Crippen LogP contribution is 2.24. The minimum Gasteiger partial charge on any atom is -0.479 e. The highest BCUT2D eigenvalue weighted by molar-refractivity contribution is 5.98. The van der Waals surface area contributed by atoms with Crippen molar-refractivity contribution in [1.29, 1.82) is 0 Å². The number of hydrogen-bond acceptors (Lipinski definition) is 3. The number of rotatable bonds is 7. The maximum Gasteiger partial charge on any atom is 0.333 e. The van der Waals surface area contributed by atoms with Crippen LogP contribution in [0.15, 0.2) is 30.5 Å². The molecule has 0 saturated heterocycles. The monoisotopic (exact) mass is 361 g/mol. The molecule has 2 N–H and O–H groups in total. The molecule has 0 saturated carbocycles. The van der Waals surface area contributed by atoms with Gasteiger partial charge in [-0.2, -0.15) is 5.10 Å². The summed E-state index contributed by atoms with van der Waals surface area (Å²) in [5.41, 5.74) is -0.395. The molecular formula is C19H24FN3O3. The van der Waals surface area contributed by atoms with E-state index >= 15 is 0 Å². The fraction of sp³-hybridized carbons (Fsp3) is 0.421. The molecule has 0 fully saturated rings. The molecule has 0 bridgehead atoms.